The first-order valence-corrected chi connectivity index (χ1v) is 5.42. The minimum atomic E-state index is -0.802. The largest absolute Gasteiger partial charge is 0.377 e. The van der Waals surface area contributed by atoms with Gasteiger partial charge in [-0.25, -0.2) is 13.2 Å². The Kier molecular flexibility index (Phi) is 3.72. The van der Waals surface area contributed by atoms with E-state index in [0.29, 0.717) is 5.56 Å². The molecular formula is C12H8ClF3N2. The molecule has 0 saturated heterocycles. The van der Waals surface area contributed by atoms with Gasteiger partial charge in [-0.05, 0) is 17.7 Å². The van der Waals surface area contributed by atoms with Gasteiger partial charge in [0, 0.05) is 18.8 Å². The minimum absolute atomic E-state index is 0.0256. The molecule has 0 radical (unpaired) electrons. The van der Waals surface area contributed by atoms with Gasteiger partial charge in [-0.2, -0.15) is 0 Å². The van der Waals surface area contributed by atoms with Crippen LogP contribution in [0.4, 0.5) is 18.9 Å². The number of hydrogen-bond acceptors (Lipinski definition) is 2. The van der Waals surface area contributed by atoms with Crippen molar-refractivity contribution < 1.29 is 13.2 Å². The smallest absolute Gasteiger partial charge is 0.150 e. The zero-order valence-corrected chi connectivity index (χ0v) is 9.81. The quantitative estimate of drug-likeness (QED) is 0.920. The fourth-order valence-corrected chi connectivity index (χ4v) is 1.72. The molecule has 0 atom stereocenters. The summed E-state index contributed by atoms with van der Waals surface area (Å²) in [5, 5.41) is 2.60. The molecule has 2 rings (SSSR count). The molecule has 0 bridgehead atoms. The average Bonchev–Trinajstić information content (AvgIpc) is 2.27. The predicted octanol–water partition coefficient (Wildman–Crippen LogP) is 3.76. The van der Waals surface area contributed by atoms with Gasteiger partial charge in [-0.1, -0.05) is 11.6 Å². The summed E-state index contributed by atoms with van der Waals surface area (Å²) in [6.45, 7) is 0.132. The third-order valence-electron chi connectivity index (χ3n) is 2.24. The van der Waals surface area contributed by atoms with Crippen LogP contribution in [0.5, 0.6) is 0 Å². The van der Waals surface area contributed by atoms with Gasteiger partial charge in [-0.3, -0.25) is 4.98 Å². The van der Waals surface area contributed by atoms with Gasteiger partial charge in [0.1, 0.15) is 11.6 Å². The van der Waals surface area contributed by atoms with E-state index >= 15 is 0 Å². The maximum Gasteiger partial charge on any atom is 0.150 e. The van der Waals surface area contributed by atoms with Crippen LogP contribution in [-0.4, -0.2) is 4.98 Å². The topological polar surface area (TPSA) is 24.9 Å². The molecule has 0 aliphatic carbocycles. The van der Waals surface area contributed by atoms with Crippen LogP contribution in [0.25, 0.3) is 0 Å². The van der Waals surface area contributed by atoms with Gasteiger partial charge >= 0.3 is 0 Å². The Morgan fingerprint density at radius 3 is 2.50 bits per heavy atom. The van der Waals surface area contributed by atoms with Crippen molar-refractivity contribution >= 4 is 17.3 Å². The molecular weight excluding hydrogens is 265 g/mol. The standard InChI is InChI=1S/C12H8ClF3N2/c13-10-2-8(14)3-11(16)12(10)18-5-7-1-9(15)6-17-4-7/h1-4,6,18H,5H2. The van der Waals surface area contributed by atoms with E-state index in [2.05, 4.69) is 10.3 Å². The number of nitrogens with one attached hydrogen (secondary N) is 1. The molecule has 0 amide bonds. The van der Waals surface area contributed by atoms with Crippen LogP contribution in [0.1, 0.15) is 5.56 Å². The highest BCUT2D eigenvalue weighted by Gasteiger charge is 2.09. The van der Waals surface area contributed by atoms with Crippen molar-refractivity contribution in [2.45, 2.75) is 6.54 Å². The Bertz CT molecular complexity index is 552. The molecule has 0 fully saturated rings. The van der Waals surface area contributed by atoms with Crippen LogP contribution in [0.3, 0.4) is 0 Å². The molecule has 94 valence electrons. The molecule has 2 aromatic rings. The van der Waals surface area contributed by atoms with Crippen LogP contribution < -0.4 is 5.32 Å². The molecule has 18 heavy (non-hydrogen) atoms. The lowest BCUT2D eigenvalue weighted by Crippen LogP contribution is -2.03. The normalized spacial score (nSPS) is 10.4. The number of aromatic nitrogens is 1. The summed E-state index contributed by atoms with van der Waals surface area (Å²) in [6.07, 6.45) is 2.50. The van der Waals surface area contributed by atoms with Gasteiger partial charge < -0.3 is 5.32 Å². The fraction of sp³-hybridized carbons (Fsp3) is 0.0833. The number of benzene rings is 1. The number of nitrogens with zero attached hydrogens (tertiary/aromatic N) is 1. The summed E-state index contributed by atoms with van der Waals surface area (Å²) >= 11 is 5.70. The second-order valence-electron chi connectivity index (χ2n) is 3.61. The first-order valence-electron chi connectivity index (χ1n) is 5.04. The molecule has 0 aliphatic rings. The molecule has 0 saturated carbocycles. The van der Waals surface area contributed by atoms with Crippen molar-refractivity contribution in [2.75, 3.05) is 5.32 Å². The fourth-order valence-electron chi connectivity index (χ4n) is 1.45. The summed E-state index contributed by atoms with van der Waals surface area (Å²) in [5.41, 5.74) is 0.497. The van der Waals surface area contributed by atoms with E-state index in [4.69, 9.17) is 11.6 Å². The van der Waals surface area contributed by atoms with Crippen LogP contribution in [-0.2, 0) is 6.54 Å². The molecule has 1 aromatic carbocycles. The second kappa shape index (κ2) is 5.27. The molecule has 0 aliphatic heterocycles. The van der Waals surface area contributed by atoms with E-state index in [0.717, 1.165) is 18.3 Å². The molecule has 1 N–H and O–H groups in total. The van der Waals surface area contributed by atoms with E-state index in [1.165, 1.54) is 12.3 Å². The van der Waals surface area contributed by atoms with Crippen molar-refractivity contribution in [1.82, 2.24) is 4.98 Å². The Labute approximate surface area is 106 Å². The monoisotopic (exact) mass is 272 g/mol. The van der Waals surface area contributed by atoms with Gasteiger partial charge in [0.25, 0.3) is 0 Å². The van der Waals surface area contributed by atoms with E-state index in [1.807, 2.05) is 0 Å². The van der Waals surface area contributed by atoms with Crippen molar-refractivity contribution in [3.63, 3.8) is 0 Å². The summed E-state index contributed by atoms with van der Waals surface area (Å²) in [5.74, 6) is -2.04. The lowest BCUT2D eigenvalue weighted by molar-refractivity contribution is 0.585. The number of pyridine rings is 1. The highest BCUT2D eigenvalue weighted by molar-refractivity contribution is 6.33. The molecule has 0 unspecified atom stereocenters. The molecule has 1 aromatic heterocycles. The first-order chi connectivity index (χ1) is 8.56. The lowest BCUT2D eigenvalue weighted by Gasteiger charge is -2.09. The first kappa shape index (κ1) is 12.7. The van der Waals surface area contributed by atoms with E-state index in [1.54, 1.807) is 0 Å². The Morgan fingerprint density at radius 1 is 1.06 bits per heavy atom. The van der Waals surface area contributed by atoms with Crippen LogP contribution in [0.2, 0.25) is 5.02 Å². The molecule has 0 spiro atoms. The maximum absolute atomic E-state index is 13.4. The number of anilines is 1. The van der Waals surface area contributed by atoms with Gasteiger partial charge in [0.05, 0.1) is 16.9 Å². The maximum atomic E-state index is 13.4. The SMILES string of the molecule is Fc1cncc(CNc2c(F)cc(F)cc2Cl)c1. The van der Waals surface area contributed by atoms with Crippen LogP contribution in [0, 0.1) is 17.5 Å². The zero-order chi connectivity index (χ0) is 13.1. The van der Waals surface area contributed by atoms with Gasteiger partial charge in [0.15, 0.2) is 5.82 Å². The van der Waals surface area contributed by atoms with E-state index < -0.39 is 17.5 Å². The van der Waals surface area contributed by atoms with Gasteiger partial charge in [0.2, 0.25) is 0 Å². The number of rotatable bonds is 3. The van der Waals surface area contributed by atoms with Crippen molar-refractivity contribution in [3.05, 3.63) is 58.6 Å². The minimum Gasteiger partial charge on any atom is -0.377 e. The third kappa shape index (κ3) is 2.92. The Hall–Kier alpha value is -1.75. The zero-order valence-electron chi connectivity index (χ0n) is 9.05. The third-order valence-corrected chi connectivity index (χ3v) is 2.54. The summed E-state index contributed by atoms with van der Waals surface area (Å²) in [4.78, 5) is 3.65. The summed E-state index contributed by atoms with van der Waals surface area (Å²) < 4.78 is 39.1. The second-order valence-corrected chi connectivity index (χ2v) is 4.02. The van der Waals surface area contributed by atoms with Crippen LogP contribution in [0.15, 0.2) is 30.6 Å². The molecule has 2 nitrogen and oxygen atoms in total. The lowest BCUT2D eigenvalue weighted by atomic mass is 10.2. The highest BCUT2D eigenvalue weighted by Crippen LogP contribution is 2.26. The van der Waals surface area contributed by atoms with E-state index in [9.17, 15) is 13.2 Å². The highest BCUT2D eigenvalue weighted by atomic mass is 35.5. The van der Waals surface area contributed by atoms with E-state index in [-0.39, 0.29) is 17.3 Å². The van der Waals surface area contributed by atoms with Gasteiger partial charge in [-0.15, -0.1) is 0 Å². The van der Waals surface area contributed by atoms with Crippen LogP contribution >= 0.6 is 11.6 Å². The molecule has 6 heteroatoms. The average molecular weight is 273 g/mol. The number of halogens is 4. The van der Waals surface area contributed by atoms with Crippen molar-refractivity contribution in [1.29, 1.82) is 0 Å². The predicted molar refractivity (Wildman–Crippen MR) is 62.9 cm³/mol. The summed E-state index contributed by atoms with van der Waals surface area (Å²) in [7, 11) is 0. The Morgan fingerprint density at radius 2 is 1.83 bits per heavy atom. The Balaban J connectivity index is 2.16. The van der Waals surface area contributed by atoms with Crippen molar-refractivity contribution in [2.24, 2.45) is 0 Å². The number of hydrogen-bond donors (Lipinski definition) is 1. The van der Waals surface area contributed by atoms with Crippen molar-refractivity contribution in [3.8, 4) is 0 Å². The summed E-state index contributed by atoms with van der Waals surface area (Å²) in [6, 6.07) is 2.98. The molecule has 1 heterocycles.